The molecule has 0 aliphatic carbocycles. The van der Waals surface area contributed by atoms with Crippen LogP contribution in [0.5, 0.6) is 5.75 Å². The Kier molecular flexibility index (Phi) is 7.78. The van der Waals surface area contributed by atoms with Crippen LogP contribution in [0.25, 0.3) is 0 Å². The lowest BCUT2D eigenvalue weighted by atomic mass is 9.99. The molecule has 0 aliphatic heterocycles. The Bertz CT molecular complexity index is 915. The maximum Gasteiger partial charge on any atom is 0.168 e. The molecule has 0 saturated heterocycles. The summed E-state index contributed by atoms with van der Waals surface area (Å²) < 4.78 is 6.29. The topological polar surface area (TPSA) is 39.2 Å². The van der Waals surface area contributed by atoms with Crippen molar-refractivity contribution in [2.75, 3.05) is 0 Å². The number of ketones is 1. The first-order valence-electron chi connectivity index (χ1n) is 10.8. The second-order valence-electron chi connectivity index (χ2n) is 8.18. The van der Waals surface area contributed by atoms with Gasteiger partial charge in [-0.1, -0.05) is 57.5 Å². The molecule has 0 fully saturated rings. The molecule has 1 heterocycles. The third-order valence-corrected chi connectivity index (χ3v) is 5.07. The number of pyridine rings is 1. The van der Waals surface area contributed by atoms with Crippen LogP contribution in [0.3, 0.4) is 0 Å². The number of carbonyl (C=O) groups excluding carboxylic acids is 1. The van der Waals surface area contributed by atoms with Crippen LogP contribution in [-0.2, 0) is 12.8 Å². The van der Waals surface area contributed by atoms with E-state index in [1.165, 1.54) is 11.1 Å². The number of Topliss-reactive ketones (excluding diaryl/α,β-unsaturated/α-hetero) is 1. The Balaban J connectivity index is 1.66. The van der Waals surface area contributed by atoms with Crippen molar-refractivity contribution in [3.8, 4) is 5.75 Å². The maximum absolute atomic E-state index is 12.5. The Morgan fingerprint density at radius 3 is 2.30 bits per heavy atom. The molecule has 0 bridgehead atoms. The highest BCUT2D eigenvalue weighted by atomic mass is 16.5. The van der Waals surface area contributed by atoms with Crippen LogP contribution in [0.4, 0.5) is 0 Å². The highest BCUT2D eigenvalue weighted by Gasteiger charge is 2.14. The minimum Gasteiger partial charge on any atom is -0.486 e. The molecule has 3 rings (SSSR count). The van der Waals surface area contributed by atoms with Crippen molar-refractivity contribution in [1.29, 1.82) is 0 Å². The largest absolute Gasteiger partial charge is 0.486 e. The molecule has 156 valence electrons. The van der Waals surface area contributed by atoms with E-state index in [0.29, 0.717) is 17.9 Å². The molecule has 3 aromatic rings. The van der Waals surface area contributed by atoms with Crippen LogP contribution in [0.2, 0.25) is 0 Å². The molecule has 3 heteroatoms. The summed E-state index contributed by atoms with van der Waals surface area (Å²) in [6.07, 6.45) is 5.11. The molecule has 0 spiro atoms. The van der Waals surface area contributed by atoms with E-state index in [2.05, 4.69) is 50.0 Å². The molecule has 3 nitrogen and oxygen atoms in total. The highest BCUT2D eigenvalue weighted by molar-refractivity contribution is 5.97. The summed E-state index contributed by atoms with van der Waals surface area (Å²) in [7, 11) is 0. The summed E-state index contributed by atoms with van der Waals surface area (Å²) in [6, 6.07) is 21.9. The standard InChI is InChI=1S/C27H31NO2/c1-4-7-27(23-11-9-21(10-12-23)18-20(2)3)30-25-15-13-22(14-16-25)26(29)19-24-8-5-6-17-28-24/h5-6,8-17,20,27H,4,7,18-19H2,1-3H3/t27-/m0/s1. The minimum absolute atomic E-state index is 0.0122. The fraction of sp³-hybridized carbons (Fsp3) is 0.333. The van der Waals surface area contributed by atoms with Gasteiger partial charge in [0.05, 0.1) is 6.42 Å². The van der Waals surface area contributed by atoms with Crippen LogP contribution in [-0.4, -0.2) is 10.8 Å². The molecular formula is C27H31NO2. The number of aromatic nitrogens is 1. The average Bonchev–Trinajstić information content (AvgIpc) is 2.75. The van der Waals surface area contributed by atoms with Gasteiger partial charge in [-0.2, -0.15) is 0 Å². The SMILES string of the molecule is CCC[C@H](Oc1ccc(C(=O)Cc2ccccn2)cc1)c1ccc(CC(C)C)cc1. The highest BCUT2D eigenvalue weighted by Crippen LogP contribution is 2.27. The van der Waals surface area contributed by atoms with Crippen molar-refractivity contribution in [3.63, 3.8) is 0 Å². The van der Waals surface area contributed by atoms with Gasteiger partial charge in [0.15, 0.2) is 5.78 Å². The lowest BCUT2D eigenvalue weighted by Crippen LogP contribution is -2.08. The number of hydrogen-bond acceptors (Lipinski definition) is 3. The first kappa shape index (κ1) is 21.8. The summed E-state index contributed by atoms with van der Waals surface area (Å²) >= 11 is 0. The molecule has 0 radical (unpaired) electrons. The van der Waals surface area contributed by atoms with Gasteiger partial charge < -0.3 is 4.74 Å². The molecule has 0 saturated carbocycles. The first-order chi connectivity index (χ1) is 14.5. The molecule has 2 aromatic carbocycles. The number of benzene rings is 2. The van der Waals surface area contributed by atoms with Gasteiger partial charge >= 0.3 is 0 Å². The van der Waals surface area contributed by atoms with Gasteiger partial charge in [-0.15, -0.1) is 0 Å². The fourth-order valence-corrected chi connectivity index (χ4v) is 3.55. The third-order valence-electron chi connectivity index (χ3n) is 5.07. The Hall–Kier alpha value is -2.94. The zero-order valence-electron chi connectivity index (χ0n) is 18.2. The predicted molar refractivity (Wildman–Crippen MR) is 122 cm³/mol. The second-order valence-corrected chi connectivity index (χ2v) is 8.18. The van der Waals surface area contributed by atoms with E-state index in [1.54, 1.807) is 6.20 Å². The van der Waals surface area contributed by atoms with Gasteiger partial charge in [-0.25, -0.2) is 0 Å². The smallest absolute Gasteiger partial charge is 0.168 e. The van der Waals surface area contributed by atoms with Crippen LogP contribution >= 0.6 is 0 Å². The van der Waals surface area contributed by atoms with Crippen molar-refractivity contribution in [3.05, 3.63) is 95.3 Å². The zero-order chi connectivity index (χ0) is 21.3. The van der Waals surface area contributed by atoms with E-state index in [4.69, 9.17) is 4.74 Å². The van der Waals surface area contributed by atoms with E-state index >= 15 is 0 Å². The van der Waals surface area contributed by atoms with Crippen molar-refractivity contribution in [1.82, 2.24) is 4.98 Å². The molecule has 0 unspecified atom stereocenters. The van der Waals surface area contributed by atoms with E-state index in [1.807, 2.05) is 42.5 Å². The monoisotopic (exact) mass is 401 g/mol. The summed E-state index contributed by atoms with van der Waals surface area (Å²) in [5.74, 6) is 1.50. The van der Waals surface area contributed by atoms with E-state index in [0.717, 1.165) is 30.7 Å². The molecule has 0 amide bonds. The lowest BCUT2D eigenvalue weighted by Gasteiger charge is -2.20. The second kappa shape index (κ2) is 10.7. The van der Waals surface area contributed by atoms with Crippen LogP contribution in [0.15, 0.2) is 72.9 Å². The number of ether oxygens (including phenoxy) is 1. The Labute approximate surface area is 180 Å². The molecule has 30 heavy (non-hydrogen) atoms. The Morgan fingerprint density at radius 1 is 0.967 bits per heavy atom. The molecule has 0 aliphatic rings. The van der Waals surface area contributed by atoms with Crippen LogP contribution in [0, 0.1) is 5.92 Å². The lowest BCUT2D eigenvalue weighted by molar-refractivity contribution is 0.0992. The summed E-state index contributed by atoms with van der Waals surface area (Å²) in [4.78, 5) is 16.7. The van der Waals surface area contributed by atoms with Crippen LogP contribution < -0.4 is 4.74 Å². The molecule has 1 atom stereocenters. The van der Waals surface area contributed by atoms with E-state index < -0.39 is 0 Å². The maximum atomic E-state index is 12.5. The molecule has 0 N–H and O–H groups in total. The summed E-state index contributed by atoms with van der Waals surface area (Å²) in [5.41, 5.74) is 4.02. The Morgan fingerprint density at radius 2 is 1.70 bits per heavy atom. The van der Waals surface area contributed by atoms with Gasteiger partial charge in [0.25, 0.3) is 0 Å². The van der Waals surface area contributed by atoms with Gasteiger partial charge in [-0.3, -0.25) is 9.78 Å². The van der Waals surface area contributed by atoms with E-state index in [9.17, 15) is 4.79 Å². The van der Waals surface area contributed by atoms with Crippen molar-refractivity contribution < 1.29 is 9.53 Å². The minimum atomic E-state index is 0.0122. The van der Waals surface area contributed by atoms with Gasteiger partial charge in [-0.05, 0) is 66.3 Å². The number of rotatable bonds is 10. The normalized spacial score (nSPS) is 12.0. The van der Waals surface area contributed by atoms with Gasteiger partial charge in [0, 0.05) is 17.5 Å². The van der Waals surface area contributed by atoms with Gasteiger partial charge in [0.2, 0.25) is 0 Å². The van der Waals surface area contributed by atoms with Crippen molar-refractivity contribution in [2.45, 2.75) is 52.6 Å². The average molecular weight is 402 g/mol. The van der Waals surface area contributed by atoms with Crippen molar-refractivity contribution in [2.24, 2.45) is 5.92 Å². The van der Waals surface area contributed by atoms with E-state index in [-0.39, 0.29) is 11.9 Å². The molecule has 1 aromatic heterocycles. The quantitative estimate of drug-likeness (QED) is 0.358. The first-order valence-corrected chi connectivity index (χ1v) is 10.8. The molecular weight excluding hydrogens is 370 g/mol. The number of carbonyl (C=O) groups is 1. The number of nitrogens with zero attached hydrogens (tertiary/aromatic N) is 1. The third kappa shape index (κ3) is 6.28. The summed E-state index contributed by atoms with van der Waals surface area (Å²) in [5, 5.41) is 0. The predicted octanol–water partition coefficient (Wildman–Crippen LogP) is 6.63. The van der Waals surface area contributed by atoms with Crippen molar-refractivity contribution >= 4 is 5.78 Å². The zero-order valence-corrected chi connectivity index (χ0v) is 18.2. The summed E-state index contributed by atoms with van der Waals surface area (Å²) in [6.45, 7) is 6.65. The fourth-order valence-electron chi connectivity index (χ4n) is 3.55. The van der Waals surface area contributed by atoms with Crippen LogP contribution in [0.1, 0.15) is 66.9 Å². The van der Waals surface area contributed by atoms with Gasteiger partial charge in [0.1, 0.15) is 11.9 Å². The number of hydrogen-bond donors (Lipinski definition) is 0.